The molecular weight excluding hydrogens is 424 g/mol. The van der Waals surface area contributed by atoms with Crippen molar-refractivity contribution in [2.45, 2.75) is 66.0 Å². The quantitative estimate of drug-likeness (QED) is 0.387. The molecule has 1 atom stereocenters. The third-order valence-electron chi connectivity index (χ3n) is 7.00. The molecule has 0 N–H and O–H groups in total. The first-order valence-electron chi connectivity index (χ1n) is 12.0. The molecule has 0 amide bonds. The highest BCUT2D eigenvalue weighted by atomic mass is 16.5. The molecule has 4 rings (SSSR count). The summed E-state index contributed by atoms with van der Waals surface area (Å²) >= 11 is 0. The lowest BCUT2D eigenvalue weighted by atomic mass is 9.86. The van der Waals surface area contributed by atoms with Crippen molar-refractivity contribution in [3.8, 4) is 17.2 Å². The summed E-state index contributed by atoms with van der Waals surface area (Å²) in [5.74, 6) is 2.92. The van der Waals surface area contributed by atoms with E-state index < -0.39 is 0 Å². The maximum atomic E-state index is 6.66. The summed E-state index contributed by atoms with van der Waals surface area (Å²) in [5.41, 5.74) is 6.82. The van der Waals surface area contributed by atoms with Gasteiger partial charge in [-0.2, -0.15) is 0 Å². The number of hydrogen-bond donors (Lipinski definition) is 0. The summed E-state index contributed by atoms with van der Waals surface area (Å²) in [5, 5.41) is 0. The van der Waals surface area contributed by atoms with Crippen LogP contribution in [0.3, 0.4) is 0 Å². The molecule has 1 aliphatic rings. The fourth-order valence-corrected chi connectivity index (χ4v) is 4.85. The molecule has 2 aromatic carbocycles. The van der Waals surface area contributed by atoms with Gasteiger partial charge >= 0.3 is 0 Å². The molecule has 1 unspecified atom stereocenters. The number of fused-ring (bicyclic) bond motifs is 1. The first-order valence-corrected chi connectivity index (χ1v) is 12.0. The zero-order valence-corrected chi connectivity index (χ0v) is 21.3. The van der Waals surface area contributed by atoms with E-state index in [2.05, 4.69) is 61.5 Å². The predicted molar refractivity (Wildman–Crippen MR) is 137 cm³/mol. The number of allylic oxidation sites excluding steroid dienone is 1. The Morgan fingerprint density at radius 3 is 2.71 bits per heavy atom. The second-order valence-corrected chi connectivity index (χ2v) is 9.47. The zero-order valence-electron chi connectivity index (χ0n) is 21.3. The van der Waals surface area contributed by atoms with Gasteiger partial charge in [0.05, 0.1) is 20.0 Å². The van der Waals surface area contributed by atoms with E-state index in [4.69, 9.17) is 14.2 Å². The maximum Gasteiger partial charge on any atom is 0.127 e. The van der Waals surface area contributed by atoms with Crippen LogP contribution in [0.25, 0.3) is 6.08 Å². The van der Waals surface area contributed by atoms with Crippen molar-refractivity contribution in [1.29, 1.82) is 0 Å². The number of rotatable bonds is 8. The minimum absolute atomic E-state index is 0.263. The minimum Gasteiger partial charge on any atom is -0.496 e. The SMILES string of the molecule is C/C=C/c1ccc(Cn2ccnc2)cc1OCCC1(C)CCc2c(C)c(OC)c(C)c(C)c2O1. The smallest absolute Gasteiger partial charge is 0.127 e. The van der Waals surface area contributed by atoms with Gasteiger partial charge in [0.25, 0.3) is 0 Å². The summed E-state index contributed by atoms with van der Waals surface area (Å²) < 4.78 is 20.7. The third-order valence-corrected chi connectivity index (χ3v) is 7.00. The van der Waals surface area contributed by atoms with Crippen molar-refractivity contribution >= 4 is 6.08 Å². The van der Waals surface area contributed by atoms with Gasteiger partial charge in [-0.3, -0.25) is 0 Å². The molecule has 0 saturated carbocycles. The Kier molecular flexibility index (Phi) is 7.01. The van der Waals surface area contributed by atoms with E-state index in [1.165, 1.54) is 22.3 Å². The van der Waals surface area contributed by atoms with E-state index in [0.717, 1.165) is 54.2 Å². The monoisotopic (exact) mass is 460 g/mol. The Bertz CT molecular complexity index is 1180. The highest BCUT2D eigenvalue weighted by Gasteiger charge is 2.34. The standard InChI is InChI=1S/C29H36N2O3/c1-7-8-24-10-9-23(18-31-15-14-30-19-31)17-26(24)33-16-13-29(5)12-11-25-22(4)27(32-6)20(2)21(3)28(25)34-29/h7-10,14-15,17,19H,11-13,16,18H2,1-6H3/b8-7+. The van der Waals surface area contributed by atoms with E-state index in [9.17, 15) is 0 Å². The van der Waals surface area contributed by atoms with E-state index in [1.54, 1.807) is 13.3 Å². The molecule has 0 fully saturated rings. The Balaban J connectivity index is 1.48. The molecule has 5 nitrogen and oxygen atoms in total. The van der Waals surface area contributed by atoms with E-state index in [0.29, 0.717) is 6.61 Å². The fraction of sp³-hybridized carbons (Fsp3) is 0.414. The third kappa shape index (κ3) is 4.84. The molecule has 0 spiro atoms. The van der Waals surface area contributed by atoms with Gasteiger partial charge in [0.15, 0.2) is 0 Å². The average Bonchev–Trinajstić information content (AvgIpc) is 3.33. The Morgan fingerprint density at radius 1 is 1.18 bits per heavy atom. The van der Waals surface area contributed by atoms with Crippen molar-refractivity contribution in [3.63, 3.8) is 0 Å². The lowest BCUT2D eigenvalue weighted by molar-refractivity contribution is 0.0411. The van der Waals surface area contributed by atoms with Crippen LogP contribution < -0.4 is 14.2 Å². The Hall–Kier alpha value is -3.21. The minimum atomic E-state index is -0.263. The average molecular weight is 461 g/mol. The van der Waals surface area contributed by atoms with Crippen LogP contribution in [0, 0.1) is 20.8 Å². The van der Waals surface area contributed by atoms with Crippen LogP contribution in [0.2, 0.25) is 0 Å². The van der Waals surface area contributed by atoms with Crippen LogP contribution in [0.4, 0.5) is 0 Å². The highest BCUT2D eigenvalue weighted by Crippen LogP contribution is 2.44. The van der Waals surface area contributed by atoms with Gasteiger partial charge < -0.3 is 18.8 Å². The van der Waals surface area contributed by atoms with Gasteiger partial charge in [0, 0.05) is 36.5 Å². The van der Waals surface area contributed by atoms with Gasteiger partial charge in [-0.1, -0.05) is 24.3 Å². The van der Waals surface area contributed by atoms with Crippen LogP contribution in [-0.2, 0) is 13.0 Å². The molecule has 34 heavy (non-hydrogen) atoms. The second kappa shape index (κ2) is 9.96. The fourth-order valence-electron chi connectivity index (χ4n) is 4.85. The van der Waals surface area contributed by atoms with Crippen LogP contribution >= 0.6 is 0 Å². The summed E-state index contributed by atoms with van der Waals surface area (Å²) in [6, 6.07) is 6.41. The number of ether oxygens (including phenoxy) is 3. The Morgan fingerprint density at radius 2 is 2.00 bits per heavy atom. The molecule has 1 aromatic heterocycles. The van der Waals surface area contributed by atoms with Gasteiger partial charge in [-0.25, -0.2) is 4.98 Å². The van der Waals surface area contributed by atoms with E-state index >= 15 is 0 Å². The summed E-state index contributed by atoms with van der Waals surface area (Å²) in [6.45, 7) is 12.0. The molecule has 0 aliphatic carbocycles. The molecule has 1 aliphatic heterocycles. The second-order valence-electron chi connectivity index (χ2n) is 9.47. The van der Waals surface area contributed by atoms with Gasteiger partial charge in [-0.05, 0) is 75.8 Å². The maximum absolute atomic E-state index is 6.66. The summed E-state index contributed by atoms with van der Waals surface area (Å²) in [6.07, 6.45) is 12.5. The Labute approximate surface area is 203 Å². The van der Waals surface area contributed by atoms with Crippen LogP contribution in [-0.4, -0.2) is 28.9 Å². The first-order chi connectivity index (χ1) is 16.3. The van der Waals surface area contributed by atoms with Gasteiger partial charge in [0.2, 0.25) is 0 Å². The van der Waals surface area contributed by atoms with Crippen molar-refractivity contribution in [3.05, 3.63) is 76.4 Å². The van der Waals surface area contributed by atoms with Crippen LogP contribution in [0.1, 0.15) is 60.1 Å². The molecule has 2 heterocycles. The van der Waals surface area contributed by atoms with E-state index in [1.807, 2.05) is 25.5 Å². The number of imidazole rings is 1. The summed E-state index contributed by atoms with van der Waals surface area (Å²) in [4.78, 5) is 4.14. The molecule has 0 saturated heterocycles. The van der Waals surface area contributed by atoms with Crippen LogP contribution in [0.15, 0.2) is 43.0 Å². The number of nitrogens with zero attached hydrogens (tertiary/aromatic N) is 2. The molecule has 0 bridgehead atoms. The normalized spacial score (nSPS) is 17.5. The first kappa shape index (κ1) is 23.9. The van der Waals surface area contributed by atoms with Crippen molar-refractivity contribution in [2.24, 2.45) is 0 Å². The van der Waals surface area contributed by atoms with E-state index in [-0.39, 0.29) is 5.60 Å². The highest BCUT2D eigenvalue weighted by molar-refractivity contribution is 5.59. The van der Waals surface area contributed by atoms with Gasteiger partial charge in [-0.15, -0.1) is 0 Å². The summed E-state index contributed by atoms with van der Waals surface area (Å²) in [7, 11) is 1.75. The molecule has 0 radical (unpaired) electrons. The lowest BCUT2D eigenvalue weighted by Gasteiger charge is -2.38. The molecular formula is C29H36N2O3. The number of benzene rings is 2. The zero-order chi connectivity index (χ0) is 24.3. The van der Waals surface area contributed by atoms with Crippen molar-refractivity contribution in [1.82, 2.24) is 9.55 Å². The molecule has 3 aromatic rings. The number of aromatic nitrogens is 2. The van der Waals surface area contributed by atoms with Crippen LogP contribution in [0.5, 0.6) is 17.2 Å². The van der Waals surface area contributed by atoms with Gasteiger partial charge in [0.1, 0.15) is 22.8 Å². The largest absolute Gasteiger partial charge is 0.496 e. The number of methoxy groups -OCH3 is 1. The topological polar surface area (TPSA) is 45.5 Å². The predicted octanol–water partition coefficient (Wildman–Crippen LogP) is 6.45. The van der Waals surface area contributed by atoms with Crippen molar-refractivity contribution in [2.75, 3.05) is 13.7 Å². The lowest BCUT2D eigenvalue weighted by Crippen LogP contribution is -2.38. The number of hydrogen-bond acceptors (Lipinski definition) is 4. The molecule has 5 heteroatoms. The van der Waals surface area contributed by atoms with Crippen molar-refractivity contribution < 1.29 is 14.2 Å². The molecule has 180 valence electrons.